The molecule has 9 heteroatoms. The first-order valence-electron chi connectivity index (χ1n) is 5.26. The maximum atomic E-state index is 5.67. The van der Waals surface area contributed by atoms with Crippen molar-refractivity contribution in [1.82, 2.24) is 34.7 Å². The van der Waals surface area contributed by atoms with Gasteiger partial charge in [-0.1, -0.05) is 0 Å². The van der Waals surface area contributed by atoms with Crippen LogP contribution in [0, 0.1) is 0 Å². The van der Waals surface area contributed by atoms with E-state index in [0.29, 0.717) is 11.1 Å². The van der Waals surface area contributed by atoms with Crippen LogP contribution in [0.5, 0.6) is 0 Å². The van der Waals surface area contributed by atoms with E-state index in [1.165, 1.54) is 29.1 Å². The first kappa shape index (κ1) is 11.5. The zero-order valence-electron chi connectivity index (χ0n) is 9.58. The molecule has 0 aliphatic heterocycles. The molecule has 0 amide bonds. The molecule has 0 aliphatic carbocycles. The molecule has 2 N–H and O–H groups in total. The normalized spacial score (nSPS) is 10.5. The Bertz CT molecular complexity index is 669. The van der Waals surface area contributed by atoms with Gasteiger partial charge in [-0.3, -0.25) is 4.98 Å². The third-order valence-electron chi connectivity index (χ3n) is 2.10. The van der Waals surface area contributed by atoms with Crippen molar-refractivity contribution in [3.05, 3.63) is 37.2 Å². The Labute approximate surface area is 112 Å². The summed E-state index contributed by atoms with van der Waals surface area (Å²) in [6, 6.07) is 3.72. The van der Waals surface area contributed by atoms with E-state index in [1.54, 1.807) is 12.4 Å². The van der Waals surface area contributed by atoms with Gasteiger partial charge < -0.3 is 5.73 Å². The van der Waals surface area contributed by atoms with Crippen LogP contribution in [0.4, 0.5) is 5.95 Å². The Morgan fingerprint density at radius 3 is 2.63 bits per heavy atom. The van der Waals surface area contributed by atoms with E-state index >= 15 is 0 Å². The van der Waals surface area contributed by atoms with Crippen molar-refractivity contribution in [3.8, 4) is 5.95 Å². The number of hydrogen-bond donors (Lipinski definition) is 1. The summed E-state index contributed by atoms with van der Waals surface area (Å²) in [6.07, 6.45) is 6.29. The Morgan fingerprint density at radius 1 is 1.05 bits per heavy atom. The molecule has 0 saturated heterocycles. The minimum atomic E-state index is 0.136. The number of nitrogens with two attached hydrogens (primary N) is 1. The molecular formula is C10H8N8S. The maximum absolute atomic E-state index is 5.67. The van der Waals surface area contributed by atoms with Crippen LogP contribution in [-0.2, 0) is 0 Å². The Kier molecular flexibility index (Phi) is 3.02. The van der Waals surface area contributed by atoms with Crippen molar-refractivity contribution < 1.29 is 0 Å². The van der Waals surface area contributed by atoms with Crippen LogP contribution < -0.4 is 5.73 Å². The monoisotopic (exact) mass is 272 g/mol. The van der Waals surface area contributed by atoms with E-state index < -0.39 is 0 Å². The average Bonchev–Trinajstić information content (AvgIpc) is 2.93. The molecule has 0 aromatic carbocycles. The van der Waals surface area contributed by atoms with Crippen LogP contribution in [0.25, 0.3) is 5.95 Å². The van der Waals surface area contributed by atoms with Gasteiger partial charge in [-0.2, -0.15) is 24.7 Å². The molecule has 0 bridgehead atoms. The molecule has 0 radical (unpaired) electrons. The Morgan fingerprint density at radius 2 is 1.89 bits per heavy atom. The van der Waals surface area contributed by atoms with Gasteiger partial charge in [0, 0.05) is 17.3 Å². The van der Waals surface area contributed by atoms with Gasteiger partial charge in [-0.05, 0) is 23.9 Å². The minimum Gasteiger partial charge on any atom is -0.368 e. The van der Waals surface area contributed by atoms with Crippen LogP contribution in [0.15, 0.2) is 47.2 Å². The molecular weight excluding hydrogens is 264 g/mol. The summed E-state index contributed by atoms with van der Waals surface area (Å²) in [7, 11) is 0. The second kappa shape index (κ2) is 4.98. The first-order valence-corrected chi connectivity index (χ1v) is 6.07. The number of hydrogen-bond acceptors (Lipinski definition) is 8. The summed E-state index contributed by atoms with van der Waals surface area (Å²) < 4.78 is 1.43. The number of nitrogen functional groups attached to an aromatic ring is 1. The highest BCUT2D eigenvalue weighted by Crippen LogP contribution is 2.24. The quantitative estimate of drug-likeness (QED) is 0.737. The van der Waals surface area contributed by atoms with Gasteiger partial charge >= 0.3 is 0 Å². The molecule has 3 rings (SSSR count). The van der Waals surface area contributed by atoms with Gasteiger partial charge in [0.1, 0.15) is 12.7 Å². The summed E-state index contributed by atoms with van der Waals surface area (Å²) in [5.41, 5.74) is 5.67. The molecule has 0 fully saturated rings. The molecule has 19 heavy (non-hydrogen) atoms. The highest BCUT2D eigenvalue weighted by atomic mass is 32.2. The predicted molar refractivity (Wildman–Crippen MR) is 67.5 cm³/mol. The summed E-state index contributed by atoms with van der Waals surface area (Å²) in [6.45, 7) is 0. The molecule has 0 atom stereocenters. The van der Waals surface area contributed by atoms with Gasteiger partial charge in [0.2, 0.25) is 5.95 Å². The van der Waals surface area contributed by atoms with Crippen molar-refractivity contribution in [3.63, 3.8) is 0 Å². The van der Waals surface area contributed by atoms with E-state index in [0.717, 1.165) is 4.90 Å². The largest absolute Gasteiger partial charge is 0.368 e. The fourth-order valence-corrected chi connectivity index (χ4v) is 2.07. The predicted octanol–water partition coefficient (Wildman–Crippen LogP) is 0.581. The maximum Gasteiger partial charge on any atom is 0.257 e. The second-order valence-electron chi connectivity index (χ2n) is 3.40. The zero-order chi connectivity index (χ0) is 13.1. The molecule has 0 saturated carbocycles. The molecule has 0 unspecified atom stereocenters. The highest BCUT2D eigenvalue weighted by molar-refractivity contribution is 7.99. The van der Waals surface area contributed by atoms with Crippen molar-refractivity contribution in [2.45, 2.75) is 10.1 Å². The van der Waals surface area contributed by atoms with Crippen molar-refractivity contribution in [2.75, 3.05) is 5.73 Å². The summed E-state index contributed by atoms with van der Waals surface area (Å²) in [5.74, 6) is 0.471. The van der Waals surface area contributed by atoms with Crippen LogP contribution in [0.2, 0.25) is 0 Å². The topological polar surface area (TPSA) is 108 Å². The van der Waals surface area contributed by atoms with Gasteiger partial charge in [-0.25, -0.2) is 4.98 Å². The Balaban J connectivity index is 1.94. The molecule has 0 aliphatic rings. The zero-order valence-corrected chi connectivity index (χ0v) is 10.4. The molecule has 8 nitrogen and oxygen atoms in total. The second-order valence-corrected chi connectivity index (χ2v) is 4.44. The lowest BCUT2D eigenvalue weighted by Gasteiger charge is -2.03. The third-order valence-corrected chi connectivity index (χ3v) is 2.98. The molecule has 3 aromatic heterocycles. The van der Waals surface area contributed by atoms with Crippen molar-refractivity contribution in [2.24, 2.45) is 0 Å². The third kappa shape index (κ3) is 2.65. The van der Waals surface area contributed by atoms with E-state index in [-0.39, 0.29) is 5.95 Å². The highest BCUT2D eigenvalue weighted by Gasteiger charge is 2.08. The lowest BCUT2D eigenvalue weighted by Crippen LogP contribution is -2.07. The molecule has 3 aromatic rings. The first-order chi connectivity index (χ1) is 9.31. The van der Waals surface area contributed by atoms with Crippen LogP contribution in [-0.4, -0.2) is 34.7 Å². The molecule has 0 spiro atoms. The number of rotatable bonds is 3. The Hall–Kier alpha value is -2.55. The summed E-state index contributed by atoms with van der Waals surface area (Å²) in [4.78, 5) is 21.1. The van der Waals surface area contributed by atoms with Crippen molar-refractivity contribution in [1.29, 1.82) is 0 Å². The van der Waals surface area contributed by atoms with E-state index in [9.17, 15) is 0 Å². The smallest absolute Gasteiger partial charge is 0.257 e. The van der Waals surface area contributed by atoms with Crippen LogP contribution in [0.1, 0.15) is 0 Å². The standard InChI is InChI=1S/C10H8N8S/c11-8-15-9(18-6-13-5-14-18)17-10(16-8)19-7-1-3-12-4-2-7/h1-6H,(H2,11,15,16,17). The van der Waals surface area contributed by atoms with Crippen molar-refractivity contribution >= 4 is 17.7 Å². The number of nitrogens with zero attached hydrogens (tertiary/aromatic N) is 7. The fourth-order valence-electron chi connectivity index (χ4n) is 1.33. The van der Waals surface area contributed by atoms with E-state index in [1.807, 2.05) is 12.1 Å². The lowest BCUT2D eigenvalue weighted by atomic mass is 10.5. The average molecular weight is 272 g/mol. The number of pyridine rings is 1. The lowest BCUT2D eigenvalue weighted by molar-refractivity contribution is 0.763. The number of anilines is 1. The van der Waals surface area contributed by atoms with E-state index in [2.05, 4.69) is 30.0 Å². The van der Waals surface area contributed by atoms with Crippen LogP contribution >= 0.6 is 11.8 Å². The molecule has 94 valence electrons. The summed E-state index contributed by atoms with van der Waals surface area (Å²) in [5, 5.41) is 4.44. The van der Waals surface area contributed by atoms with Gasteiger partial charge in [0.25, 0.3) is 5.95 Å². The van der Waals surface area contributed by atoms with Gasteiger partial charge in [0.05, 0.1) is 0 Å². The number of aromatic nitrogens is 7. The van der Waals surface area contributed by atoms with Crippen LogP contribution in [0.3, 0.4) is 0 Å². The fraction of sp³-hybridized carbons (Fsp3) is 0. The van der Waals surface area contributed by atoms with E-state index in [4.69, 9.17) is 5.73 Å². The van der Waals surface area contributed by atoms with Gasteiger partial charge in [-0.15, -0.1) is 0 Å². The minimum absolute atomic E-state index is 0.136. The SMILES string of the molecule is Nc1nc(Sc2ccncc2)nc(-n2cncn2)n1. The van der Waals surface area contributed by atoms with Gasteiger partial charge in [0.15, 0.2) is 5.16 Å². The summed E-state index contributed by atoms with van der Waals surface area (Å²) >= 11 is 1.37. The molecule has 3 heterocycles.